The van der Waals surface area contributed by atoms with E-state index in [4.69, 9.17) is 11.6 Å². The van der Waals surface area contributed by atoms with Crippen LogP contribution >= 0.6 is 22.9 Å². The van der Waals surface area contributed by atoms with Gasteiger partial charge in [0.15, 0.2) is 0 Å². The van der Waals surface area contributed by atoms with Crippen LogP contribution in [-0.2, 0) is 12.4 Å². The van der Waals surface area contributed by atoms with Gasteiger partial charge in [-0.1, -0.05) is 12.1 Å². The van der Waals surface area contributed by atoms with Crippen LogP contribution in [0.15, 0.2) is 39.8 Å². The fourth-order valence-electron chi connectivity index (χ4n) is 2.20. The van der Waals surface area contributed by atoms with Gasteiger partial charge in [0.05, 0.1) is 23.3 Å². The van der Waals surface area contributed by atoms with Crippen LogP contribution in [-0.4, -0.2) is 9.55 Å². The quantitative estimate of drug-likeness (QED) is 0.694. The first kappa shape index (κ1) is 13.3. The van der Waals surface area contributed by atoms with Crippen molar-refractivity contribution in [2.75, 3.05) is 0 Å². The Balaban J connectivity index is 2.21. The van der Waals surface area contributed by atoms with Crippen molar-refractivity contribution in [1.29, 1.82) is 0 Å². The fraction of sp³-hybridized carbons (Fsp3) is 0.200. The molecule has 0 spiro atoms. The standard InChI is InChI=1S/C15H13ClN2OS/c1-10-8-20-9-11(10)7-18-14(6-16)17-13-5-3-2-4-12(13)15(18)19/h2-5,8-9H,6-7H2,1H3. The number of thiophene rings is 1. The van der Waals surface area contributed by atoms with Gasteiger partial charge < -0.3 is 0 Å². The monoisotopic (exact) mass is 304 g/mol. The first-order valence-electron chi connectivity index (χ1n) is 6.27. The third kappa shape index (κ3) is 2.25. The van der Waals surface area contributed by atoms with Crippen LogP contribution in [0, 0.1) is 6.92 Å². The molecule has 20 heavy (non-hydrogen) atoms. The molecule has 2 heterocycles. The van der Waals surface area contributed by atoms with Crippen LogP contribution in [0.5, 0.6) is 0 Å². The van der Waals surface area contributed by atoms with E-state index >= 15 is 0 Å². The fourth-order valence-corrected chi connectivity index (χ4v) is 3.25. The average Bonchev–Trinajstić information content (AvgIpc) is 2.87. The minimum absolute atomic E-state index is 0.0307. The lowest BCUT2D eigenvalue weighted by molar-refractivity contribution is 0.705. The molecule has 0 bridgehead atoms. The lowest BCUT2D eigenvalue weighted by Gasteiger charge is -2.11. The summed E-state index contributed by atoms with van der Waals surface area (Å²) in [5.41, 5.74) is 3.00. The predicted octanol–water partition coefficient (Wildman–Crippen LogP) is 3.55. The largest absolute Gasteiger partial charge is 0.291 e. The summed E-state index contributed by atoms with van der Waals surface area (Å²) < 4.78 is 1.67. The van der Waals surface area contributed by atoms with Crippen LogP contribution in [0.1, 0.15) is 17.0 Å². The number of aromatic nitrogens is 2. The second kappa shape index (κ2) is 5.38. The second-order valence-corrected chi connectivity index (χ2v) is 5.66. The normalized spacial score (nSPS) is 11.1. The van der Waals surface area contributed by atoms with Gasteiger partial charge in [-0.2, -0.15) is 11.3 Å². The molecule has 0 saturated carbocycles. The third-order valence-corrected chi connectivity index (χ3v) is 4.50. The van der Waals surface area contributed by atoms with E-state index in [0.29, 0.717) is 23.3 Å². The molecule has 3 nitrogen and oxygen atoms in total. The summed E-state index contributed by atoms with van der Waals surface area (Å²) >= 11 is 7.60. The Bertz CT molecular complexity index is 822. The molecule has 0 saturated heterocycles. The number of hydrogen-bond acceptors (Lipinski definition) is 3. The van der Waals surface area contributed by atoms with Crippen molar-refractivity contribution < 1.29 is 0 Å². The molecule has 0 radical (unpaired) electrons. The van der Waals surface area contributed by atoms with Gasteiger partial charge in [0, 0.05) is 0 Å². The molecular formula is C15H13ClN2OS. The van der Waals surface area contributed by atoms with Gasteiger partial charge >= 0.3 is 0 Å². The molecular weight excluding hydrogens is 292 g/mol. The highest BCUT2D eigenvalue weighted by molar-refractivity contribution is 7.08. The van der Waals surface area contributed by atoms with Gasteiger partial charge in [0.25, 0.3) is 5.56 Å². The summed E-state index contributed by atoms with van der Waals surface area (Å²) in [5.74, 6) is 0.837. The van der Waals surface area contributed by atoms with Crippen molar-refractivity contribution in [3.63, 3.8) is 0 Å². The Kier molecular flexibility index (Phi) is 3.59. The average molecular weight is 305 g/mol. The molecule has 0 amide bonds. The molecule has 0 aliphatic carbocycles. The summed E-state index contributed by atoms with van der Waals surface area (Å²) in [6.45, 7) is 2.57. The maximum absolute atomic E-state index is 12.6. The zero-order chi connectivity index (χ0) is 14.1. The zero-order valence-corrected chi connectivity index (χ0v) is 12.5. The first-order valence-corrected chi connectivity index (χ1v) is 7.74. The second-order valence-electron chi connectivity index (χ2n) is 4.65. The van der Waals surface area contributed by atoms with Crippen molar-refractivity contribution >= 4 is 33.8 Å². The Hall–Kier alpha value is -1.65. The van der Waals surface area contributed by atoms with E-state index in [9.17, 15) is 4.79 Å². The summed E-state index contributed by atoms with van der Waals surface area (Å²) in [5, 5.41) is 4.78. The minimum Gasteiger partial charge on any atom is -0.291 e. The van der Waals surface area contributed by atoms with Gasteiger partial charge in [0.2, 0.25) is 0 Å². The Morgan fingerprint density at radius 3 is 2.80 bits per heavy atom. The van der Waals surface area contributed by atoms with Gasteiger partial charge in [0.1, 0.15) is 5.82 Å². The highest BCUT2D eigenvalue weighted by Gasteiger charge is 2.11. The van der Waals surface area contributed by atoms with Gasteiger partial charge in [-0.15, -0.1) is 11.6 Å². The van der Waals surface area contributed by atoms with Crippen molar-refractivity contribution in [2.45, 2.75) is 19.3 Å². The molecule has 0 atom stereocenters. The molecule has 0 unspecified atom stereocenters. The number of para-hydroxylation sites is 1. The number of halogens is 1. The maximum atomic E-state index is 12.6. The molecule has 3 aromatic rings. The molecule has 0 aliphatic rings. The van der Waals surface area contributed by atoms with Crippen molar-refractivity contribution in [3.8, 4) is 0 Å². The third-order valence-electron chi connectivity index (χ3n) is 3.35. The van der Waals surface area contributed by atoms with Crippen LogP contribution in [0.25, 0.3) is 10.9 Å². The molecule has 102 valence electrons. The van der Waals surface area contributed by atoms with Crippen LogP contribution in [0.2, 0.25) is 0 Å². The maximum Gasteiger partial charge on any atom is 0.261 e. The number of nitrogens with zero attached hydrogens (tertiary/aromatic N) is 2. The van der Waals surface area contributed by atoms with Crippen molar-refractivity contribution in [1.82, 2.24) is 9.55 Å². The van der Waals surface area contributed by atoms with Crippen molar-refractivity contribution in [3.05, 3.63) is 62.3 Å². The van der Waals surface area contributed by atoms with E-state index in [1.165, 1.54) is 5.56 Å². The van der Waals surface area contributed by atoms with E-state index in [1.807, 2.05) is 25.1 Å². The topological polar surface area (TPSA) is 34.9 Å². The van der Waals surface area contributed by atoms with Crippen LogP contribution in [0.4, 0.5) is 0 Å². The summed E-state index contributed by atoms with van der Waals surface area (Å²) in [4.78, 5) is 17.1. The molecule has 3 rings (SSSR count). The number of benzene rings is 1. The molecule has 1 aromatic carbocycles. The SMILES string of the molecule is Cc1cscc1Cn1c(CCl)nc2ccccc2c1=O. The minimum atomic E-state index is -0.0307. The van der Waals surface area contributed by atoms with E-state index in [-0.39, 0.29) is 11.4 Å². The Labute approximate surface area is 125 Å². The first-order chi connectivity index (χ1) is 9.70. The summed E-state index contributed by atoms with van der Waals surface area (Å²) in [6.07, 6.45) is 0. The van der Waals surface area contributed by atoms with E-state index in [2.05, 4.69) is 15.7 Å². The van der Waals surface area contributed by atoms with Crippen LogP contribution < -0.4 is 5.56 Å². The molecule has 0 fully saturated rings. The number of alkyl halides is 1. The van der Waals surface area contributed by atoms with E-state index in [1.54, 1.807) is 22.0 Å². The summed E-state index contributed by atoms with van der Waals surface area (Å²) in [6, 6.07) is 7.37. The zero-order valence-electron chi connectivity index (χ0n) is 11.0. The highest BCUT2D eigenvalue weighted by atomic mass is 35.5. The number of aryl methyl sites for hydroxylation is 1. The molecule has 0 N–H and O–H groups in total. The lowest BCUT2D eigenvalue weighted by atomic mass is 10.2. The van der Waals surface area contributed by atoms with Gasteiger partial charge in [-0.25, -0.2) is 4.98 Å². The molecule has 5 heteroatoms. The molecule has 0 aliphatic heterocycles. The Morgan fingerprint density at radius 1 is 1.30 bits per heavy atom. The Morgan fingerprint density at radius 2 is 2.10 bits per heavy atom. The van der Waals surface area contributed by atoms with E-state index < -0.39 is 0 Å². The van der Waals surface area contributed by atoms with Crippen LogP contribution in [0.3, 0.4) is 0 Å². The van der Waals surface area contributed by atoms with Gasteiger partial charge in [-0.05, 0) is 40.9 Å². The van der Waals surface area contributed by atoms with E-state index in [0.717, 1.165) is 5.56 Å². The number of rotatable bonds is 3. The molecule has 2 aromatic heterocycles. The smallest absolute Gasteiger partial charge is 0.261 e. The van der Waals surface area contributed by atoms with Crippen molar-refractivity contribution in [2.24, 2.45) is 0 Å². The predicted molar refractivity (Wildman–Crippen MR) is 83.7 cm³/mol. The number of hydrogen-bond donors (Lipinski definition) is 0. The summed E-state index contributed by atoms with van der Waals surface area (Å²) in [7, 11) is 0. The lowest BCUT2D eigenvalue weighted by Crippen LogP contribution is -2.25. The highest BCUT2D eigenvalue weighted by Crippen LogP contribution is 2.16. The number of fused-ring (bicyclic) bond motifs is 1. The van der Waals surface area contributed by atoms with Gasteiger partial charge in [-0.3, -0.25) is 9.36 Å².